The zero-order valence-electron chi connectivity index (χ0n) is 12.1. The van der Waals surface area contributed by atoms with Crippen LogP contribution in [0.5, 0.6) is 5.75 Å². The fourth-order valence-electron chi connectivity index (χ4n) is 1.87. The van der Waals surface area contributed by atoms with E-state index >= 15 is 0 Å². The Hall–Kier alpha value is -1.60. The number of carbonyl (C=O) groups excluding carboxylic acids is 2. The molecule has 0 saturated heterocycles. The molecule has 0 aliphatic heterocycles. The number of ether oxygens (including phenoxy) is 1. The van der Waals surface area contributed by atoms with Gasteiger partial charge in [-0.05, 0) is 25.1 Å². The van der Waals surface area contributed by atoms with Crippen molar-refractivity contribution >= 4 is 44.3 Å². The van der Waals surface area contributed by atoms with Crippen LogP contribution in [0.1, 0.15) is 13.8 Å². The second kappa shape index (κ2) is 6.91. The molecule has 0 N–H and O–H groups in total. The number of aromatic nitrogens is 1. The van der Waals surface area contributed by atoms with Crippen LogP contribution in [0.2, 0.25) is 0 Å². The molecular formula is C14H16N2O3S2. The highest BCUT2D eigenvalue weighted by Gasteiger charge is 2.08. The van der Waals surface area contributed by atoms with Crippen molar-refractivity contribution in [2.45, 2.75) is 20.4 Å². The Balaban J connectivity index is 2.43. The molecule has 2 rings (SSSR count). The number of hydrogen-bond acceptors (Lipinski definition) is 5. The van der Waals surface area contributed by atoms with E-state index in [1.54, 1.807) is 7.11 Å². The van der Waals surface area contributed by atoms with Crippen molar-refractivity contribution in [1.82, 2.24) is 4.57 Å². The summed E-state index contributed by atoms with van der Waals surface area (Å²) in [5, 5.41) is -0.0806. The summed E-state index contributed by atoms with van der Waals surface area (Å²) in [6, 6.07) is 5.78. The van der Waals surface area contributed by atoms with Crippen LogP contribution in [0, 0.1) is 0 Å². The van der Waals surface area contributed by atoms with E-state index < -0.39 is 0 Å². The minimum atomic E-state index is -0.295. The quantitative estimate of drug-likeness (QED) is 0.866. The number of carbonyl (C=O) groups is 2. The number of benzene rings is 1. The summed E-state index contributed by atoms with van der Waals surface area (Å²) in [6.07, 6.45) is 0. The Morgan fingerprint density at radius 2 is 2.19 bits per heavy atom. The zero-order valence-corrected chi connectivity index (χ0v) is 13.7. The van der Waals surface area contributed by atoms with Gasteiger partial charge < -0.3 is 9.30 Å². The monoisotopic (exact) mass is 324 g/mol. The van der Waals surface area contributed by atoms with Gasteiger partial charge >= 0.3 is 0 Å². The maximum atomic E-state index is 11.8. The molecule has 5 nitrogen and oxygen atoms in total. The van der Waals surface area contributed by atoms with Gasteiger partial charge in [0.15, 0.2) is 9.92 Å². The summed E-state index contributed by atoms with van der Waals surface area (Å²) in [7, 11) is 1.62. The molecule has 0 atom stereocenters. The number of methoxy groups -OCH3 is 1. The number of hydrogen-bond donors (Lipinski definition) is 0. The summed E-state index contributed by atoms with van der Waals surface area (Å²) in [4.78, 5) is 27.5. The minimum Gasteiger partial charge on any atom is -0.497 e. The molecule has 0 aliphatic rings. The van der Waals surface area contributed by atoms with Gasteiger partial charge in [0.05, 0.1) is 23.1 Å². The predicted octanol–water partition coefficient (Wildman–Crippen LogP) is 2.44. The molecule has 1 aromatic heterocycles. The molecular weight excluding hydrogens is 308 g/mol. The standard InChI is InChI=1S/C14H16N2O3S2/c1-4-16-11-6-5-10(19-3)7-12(11)21-14(16)15-13(18)8-20-9(2)17/h5-7H,4,8H2,1-3H3. The fourth-order valence-corrected chi connectivity index (χ4v) is 3.40. The van der Waals surface area contributed by atoms with E-state index in [-0.39, 0.29) is 16.8 Å². The Bertz CT molecular complexity index is 746. The van der Waals surface area contributed by atoms with E-state index in [1.165, 1.54) is 18.3 Å². The SMILES string of the molecule is CCn1c(=NC(=O)CSC(C)=O)sc2cc(OC)ccc21. The highest BCUT2D eigenvalue weighted by atomic mass is 32.2. The Morgan fingerprint density at radius 1 is 1.43 bits per heavy atom. The summed E-state index contributed by atoms with van der Waals surface area (Å²) >= 11 is 2.42. The van der Waals surface area contributed by atoms with Gasteiger partial charge in [0, 0.05) is 13.5 Å². The Morgan fingerprint density at radius 3 is 2.81 bits per heavy atom. The molecule has 0 spiro atoms. The van der Waals surface area contributed by atoms with Crippen LogP contribution in [0.25, 0.3) is 10.2 Å². The van der Waals surface area contributed by atoms with Gasteiger partial charge in [0.25, 0.3) is 5.91 Å². The van der Waals surface area contributed by atoms with Crippen molar-refractivity contribution in [1.29, 1.82) is 0 Å². The topological polar surface area (TPSA) is 60.7 Å². The van der Waals surface area contributed by atoms with Gasteiger partial charge in [-0.15, -0.1) is 0 Å². The van der Waals surface area contributed by atoms with Crippen LogP contribution in [-0.4, -0.2) is 28.5 Å². The first kappa shape index (κ1) is 15.8. The van der Waals surface area contributed by atoms with E-state index in [0.717, 1.165) is 34.3 Å². The second-order valence-corrected chi connectivity index (χ2v) is 6.41. The van der Waals surface area contributed by atoms with Gasteiger partial charge in [0.2, 0.25) is 0 Å². The van der Waals surface area contributed by atoms with E-state index in [0.29, 0.717) is 4.80 Å². The van der Waals surface area contributed by atoms with Crippen LogP contribution in [0.3, 0.4) is 0 Å². The van der Waals surface area contributed by atoms with Crippen LogP contribution in [0.15, 0.2) is 23.2 Å². The molecule has 1 heterocycles. The molecule has 0 aliphatic carbocycles. The van der Waals surface area contributed by atoms with Crippen molar-refractivity contribution in [2.75, 3.05) is 12.9 Å². The fraction of sp³-hybridized carbons (Fsp3) is 0.357. The van der Waals surface area contributed by atoms with E-state index in [2.05, 4.69) is 4.99 Å². The lowest BCUT2D eigenvalue weighted by Crippen LogP contribution is -2.16. The first-order valence-corrected chi connectivity index (χ1v) is 8.23. The number of rotatable bonds is 4. The molecule has 0 radical (unpaired) electrons. The number of thioether (sulfide) groups is 1. The molecule has 2 aromatic rings. The average molecular weight is 324 g/mol. The summed E-state index contributed by atoms with van der Waals surface area (Å²) in [5.41, 5.74) is 1.02. The molecule has 0 unspecified atom stereocenters. The predicted molar refractivity (Wildman–Crippen MR) is 85.8 cm³/mol. The molecule has 7 heteroatoms. The number of amides is 1. The third-order valence-corrected chi connectivity index (χ3v) is 4.66. The second-order valence-electron chi connectivity index (χ2n) is 4.25. The van der Waals surface area contributed by atoms with E-state index in [9.17, 15) is 9.59 Å². The third kappa shape index (κ3) is 3.74. The van der Waals surface area contributed by atoms with Crippen molar-refractivity contribution in [3.8, 4) is 5.75 Å². The number of fused-ring (bicyclic) bond motifs is 1. The minimum absolute atomic E-state index is 0.0800. The summed E-state index contributed by atoms with van der Waals surface area (Å²) in [6.45, 7) is 4.17. The van der Waals surface area contributed by atoms with Crippen molar-refractivity contribution in [3.63, 3.8) is 0 Å². The van der Waals surface area contributed by atoms with Gasteiger partial charge in [-0.25, -0.2) is 0 Å². The third-order valence-electron chi connectivity index (χ3n) is 2.83. The lowest BCUT2D eigenvalue weighted by atomic mass is 10.3. The van der Waals surface area contributed by atoms with Crippen LogP contribution >= 0.6 is 23.1 Å². The van der Waals surface area contributed by atoms with Gasteiger partial charge in [-0.1, -0.05) is 23.1 Å². The van der Waals surface area contributed by atoms with E-state index in [4.69, 9.17) is 4.74 Å². The zero-order chi connectivity index (χ0) is 15.4. The maximum absolute atomic E-state index is 11.8. The normalized spacial score (nSPS) is 11.9. The molecule has 112 valence electrons. The highest BCUT2D eigenvalue weighted by molar-refractivity contribution is 8.14. The van der Waals surface area contributed by atoms with Gasteiger partial charge in [0.1, 0.15) is 5.75 Å². The molecule has 0 saturated carbocycles. The van der Waals surface area contributed by atoms with E-state index in [1.807, 2.05) is 29.7 Å². The van der Waals surface area contributed by atoms with Crippen LogP contribution < -0.4 is 9.54 Å². The lowest BCUT2D eigenvalue weighted by molar-refractivity contribution is -0.116. The Kier molecular flexibility index (Phi) is 5.19. The van der Waals surface area contributed by atoms with Crippen LogP contribution in [-0.2, 0) is 16.1 Å². The first-order valence-electron chi connectivity index (χ1n) is 6.43. The highest BCUT2D eigenvalue weighted by Crippen LogP contribution is 2.23. The smallest absolute Gasteiger partial charge is 0.258 e. The number of aryl methyl sites for hydroxylation is 1. The lowest BCUT2D eigenvalue weighted by Gasteiger charge is -2.01. The van der Waals surface area contributed by atoms with Crippen molar-refractivity contribution < 1.29 is 14.3 Å². The summed E-state index contributed by atoms with van der Waals surface area (Å²) < 4.78 is 8.21. The van der Waals surface area contributed by atoms with Crippen molar-refractivity contribution in [3.05, 3.63) is 23.0 Å². The van der Waals surface area contributed by atoms with Gasteiger partial charge in [-0.2, -0.15) is 4.99 Å². The molecule has 1 aromatic carbocycles. The average Bonchev–Trinajstić information content (AvgIpc) is 2.80. The molecule has 0 fully saturated rings. The number of thiazole rings is 1. The molecule has 21 heavy (non-hydrogen) atoms. The molecule has 0 bridgehead atoms. The number of nitrogens with zero attached hydrogens (tertiary/aromatic N) is 2. The van der Waals surface area contributed by atoms with Gasteiger partial charge in [-0.3, -0.25) is 9.59 Å². The van der Waals surface area contributed by atoms with Crippen molar-refractivity contribution in [2.24, 2.45) is 4.99 Å². The first-order chi connectivity index (χ1) is 10.0. The molecule has 1 amide bonds. The maximum Gasteiger partial charge on any atom is 0.258 e. The van der Waals surface area contributed by atoms with Crippen LogP contribution in [0.4, 0.5) is 0 Å². The largest absolute Gasteiger partial charge is 0.497 e. The summed E-state index contributed by atoms with van der Waals surface area (Å²) in [5.74, 6) is 0.560. The Labute approximate surface area is 130 Å².